The van der Waals surface area contributed by atoms with Gasteiger partial charge in [-0.2, -0.15) is 0 Å². The molecule has 0 saturated carbocycles. The quantitative estimate of drug-likeness (QED) is 0.158. The molecule has 0 amide bonds. The Morgan fingerprint density at radius 1 is 0.941 bits per heavy atom. The van der Waals surface area contributed by atoms with Gasteiger partial charge in [-0.05, 0) is 43.0 Å². The average Bonchev–Trinajstić information content (AvgIpc) is 2.84. The maximum atomic E-state index is 12.0. The van der Waals surface area contributed by atoms with Crippen LogP contribution < -0.4 is 4.74 Å². The summed E-state index contributed by atoms with van der Waals surface area (Å²) < 4.78 is 26.7. The molecule has 7 heteroatoms. The number of unbranched alkanes of at least 4 members (excludes halogenated alkanes) is 1. The third kappa shape index (κ3) is 14.5. The number of esters is 2. The number of benzene rings is 1. The van der Waals surface area contributed by atoms with Gasteiger partial charge in [0.15, 0.2) is 0 Å². The van der Waals surface area contributed by atoms with Crippen molar-refractivity contribution in [3.05, 3.63) is 48.1 Å². The summed E-state index contributed by atoms with van der Waals surface area (Å²) in [5, 5.41) is 0. The van der Waals surface area contributed by atoms with Gasteiger partial charge in [-0.15, -0.1) is 0 Å². The molecule has 0 aromatic heterocycles. The number of rotatable bonds is 19. The van der Waals surface area contributed by atoms with E-state index >= 15 is 0 Å². The fraction of sp³-hybridized carbons (Fsp3) is 0.556. The fourth-order valence-corrected chi connectivity index (χ4v) is 2.84. The molecule has 0 N–H and O–H groups in total. The highest BCUT2D eigenvalue weighted by atomic mass is 16.6. The minimum absolute atomic E-state index is 0.194. The highest BCUT2D eigenvalue weighted by Gasteiger charge is 2.08. The van der Waals surface area contributed by atoms with Crippen LogP contribution in [0.25, 0.3) is 6.08 Å². The zero-order valence-corrected chi connectivity index (χ0v) is 20.9. The van der Waals surface area contributed by atoms with Gasteiger partial charge in [-0.25, -0.2) is 9.59 Å². The van der Waals surface area contributed by atoms with E-state index in [1.54, 1.807) is 13.0 Å². The van der Waals surface area contributed by atoms with E-state index in [1.807, 2.05) is 24.3 Å². The lowest BCUT2D eigenvalue weighted by molar-refractivity contribution is -0.141. The van der Waals surface area contributed by atoms with Crippen LogP contribution in [-0.2, 0) is 28.5 Å². The first-order chi connectivity index (χ1) is 16.5. The Bertz CT molecular complexity index is 740. The number of ether oxygens (including phenoxy) is 5. The second-order valence-electron chi connectivity index (χ2n) is 7.94. The van der Waals surface area contributed by atoms with E-state index in [0.717, 1.165) is 37.0 Å². The lowest BCUT2D eigenvalue weighted by Gasteiger charge is -2.13. The first kappa shape index (κ1) is 29.4. The monoisotopic (exact) mass is 476 g/mol. The van der Waals surface area contributed by atoms with Gasteiger partial charge in [0.25, 0.3) is 0 Å². The molecule has 34 heavy (non-hydrogen) atoms. The van der Waals surface area contributed by atoms with E-state index < -0.39 is 5.97 Å². The molecule has 0 aliphatic rings. The van der Waals surface area contributed by atoms with Crippen LogP contribution in [0.2, 0.25) is 0 Å². The molecular weight excluding hydrogens is 436 g/mol. The zero-order chi connectivity index (χ0) is 25.0. The molecule has 0 saturated heterocycles. The second-order valence-corrected chi connectivity index (χ2v) is 7.94. The number of carbonyl (C=O) groups excluding carboxylic acids is 2. The van der Waals surface area contributed by atoms with Gasteiger partial charge in [0.2, 0.25) is 0 Å². The van der Waals surface area contributed by atoms with Crippen LogP contribution in [0.1, 0.15) is 52.0 Å². The summed E-state index contributed by atoms with van der Waals surface area (Å²) in [6.07, 6.45) is 7.64. The topological polar surface area (TPSA) is 80.3 Å². The van der Waals surface area contributed by atoms with E-state index in [1.165, 1.54) is 6.08 Å². The Kier molecular flexibility index (Phi) is 16.2. The Labute approximate surface area is 204 Å². The van der Waals surface area contributed by atoms with Crippen molar-refractivity contribution >= 4 is 18.0 Å². The van der Waals surface area contributed by atoms with Crippen molar-refractivity contribution in [2.75, 3.05) is 46.2 Å². The predicted molar refractivity (Wildman–Crippen MR) is 133 cm³/mol. The Hall–Kier alpha value is -2.64. The van der Waals surface area contributed by atoms with Gasteiger partial charge in [-0.3, -0.25) is 0 Å². The molecule has 1 atom stereocenters. The Morgan fingerprint density at radius 2 is 1.59 bits per heavy atom. The van der Waals surface area contributed by atoms with Crippen molar-refractivity contribution in [1.29, 1.82) is 0 Å². The zero-order valence-electron chi connectivity index (χ0n) is 20.9. The number of hydrogen-bond acceptors (Lipinski definition) is 7. The molecule has 0 bridgehead atoms. The van der Waals surface area contributed by atoms with Crippen LogP contribution in [0.4, 0.5) is 0 Å². The molecule has 1 aromatic rings. The van der Waals surface area contributed by atoms with E-state index in [-0.39, 0.29) is 12.6 Å². The SMILES string of the molecule is C=C(C)C(=O)OCCOCCOCCOc1ccc(/C=C/C(=O)OCC(CC)CCCC)cc1. The summed E-state index contributed by atoms with van der Waals surface area (Å²) in [7, 11) is 0. The Balaban J connectivity index is 2.13. The van der Waals surface area contributed by atoms with Gasteiger partial charge in [0.1, 0.15) is 19.0 Å². The molecule has 0 radical (unpaired) electrons. The van der Waals surface area contributed by atoms with Crippen LogP contribution in [0, 0.1) is 5.92 Å². The third-order valence-corrected chi connectivity index (χ3v) is 4.97. The largest absolute Gasteiger partial charge is 0.491 e. The minimum Gasteiger partial charge on any atom is -0.491 e. The predicted octanol–water partition coefficient (Wildman–Crippen LogP) is 4.99. The van der Waals surface area contributed by atoms with Crippen molar-refractivity contribution < 1.29 is 33.3 Å². The maximum absolute atomic E-state index is 12.0. The molecule has 7 nitrogen and oxygen atoms in total. The first-order valence-electron chi connectivity index (χ1n) is 12.0. The van der Waals surface area contributed by atoms with Crippen molar-refractivity contribution in [2.24, 2.45) is 5.92 Å². The first-order valence-corrected chi connectivity index (χ1v) is 12.0. The molecule has 0 aliphatic heterocycles. The molecular formula is C27H40O7. The summed E-state index contributed by atoms with van der Waals surface area (Å²) in [6, 6.07) is 7.45. The molecule has 1 rings (SSSR count). The average molecular weight is 477 g/mol. The van der Waals surface area contributed by atoms with E-state index in [2.05, 4.69) is 20.4 Å². The van der Waals surface area contributed by atoms with Crippen LogP contribution in [-0.4, -0.2) is 58.2 Å². The molecule has 1 unspecified atom stereocenters. The molecule has 1 aromatic carbocycles. The van der Waals surface area contributed by atoms with Crippen LogP contribution in [0.15, 0.2) is 42.5 Å². The minimum atomic E-state index is -0.415. The fourth-order valence-electron chi connectivity index (χ4n) is 2.84. The highest BCUT2D eigenvalue weighted by molar-refractivity contribution is 5.87. The lowest BCUT2D eigenvalue weighted by atomic mass is 10.0. The van der Waals surface area contributed by atoms with Crippen molar-refractivity contribution in [2.45, 2.75) is 46.5 Å². The van der Waals surface area contributed by atoms with Crippen LogP contribution in [0.3, 0.4) is 0 Å². The van der Waals surface area contributed by atoms with Gasteiger partial charge in [-0.1, -0.05) is 51.8 Å². The van der Waals surface area contributed by atoms with Gasteiger partial charge in [0, 0.05) is 11.6 Å². The molecule has 0 aliphatic carbocycles. The Morgan fingerprint density at radius 3 is 2.21 bits per heavy atom. The van der Waals surface area contributed by atoms with Gasteiger partial charge >= 0.3 is 11.9 Å². The van der Waals surface area contributed by atoms with Crippen molar-refractivity contribution in [1.82, 2.24) is 0 Å². The molecule has 0 spiro atoms. The van der Waals surface area contributed by atoms with Gasteiger partial charge < -0.3 is 23.7 Å². The van der Waals surface area contributed by atoms with Crippen LogP contribution >= 0.6 is 0 Å². The standard InChI is InChI=1S/C27H40O7/c1-5-7-8-23(6-2)21-34-26(28)14-11-24-9-12-25(13-10-24)32-19-17-30-15-16-31-18-20-33-27(29)22(3)4/h9-14,23H,3,5-8,15-21H2,1-2,4H3/b14-11+. The second kappa shape index (κ2) is 18.7. The summed E-state index contributed by atoms with van der Waals surface area (Å²) in [4.78, 5) is 23.1. The lowest BCUT2D eigenvalue weighted by Crippen LogP contribution is -2.14. The third-order valence-electron chi connectivity index (χ3n) is 4.97. The smallest absolute Gasteiger partial charge is 0.333 e. The van der Waals surface area contributed by atoms with E-state index in [9.17, 15) is 9.59 Å². The summed E-state index contributed by atoms with van der Waals surface area (Å²) in [5.41, 5.74) is 1.26. The molecule has 190 valence electrons. The van der Waals surface area contributed by atoms with Gasteiger partial charge in [0.05, 0.1) is 33.0 Å². The van der Waals surface area contributed by atoms with Crippen LogP contribution in [0.5, 0.6) is 5.75 Å². The summed E-state index contributed by atoms with van der Waals surface area (Å²) >= 11 is 0. The normalized spacial score (nSPS) is 11.9. The van der Waals surface area contributed by atoms with E-state index in [0.29, 0.717) is 51.1 Å². The number of carbonyl (C=O) groups is 2. The highest BCUT2D eigenvalue weighted by Crippen LogP contribution is 2.14. The summed E-state index contributed by atoms with van der Waals surface area (Å²) in [5.74, 6) is 0.426. The van der Waals surface area contributed by atoms with Crippen molar-refractivity contribution in [3.63, 3.8) is 0 Å². The summed E-state index contributed by atoms with van der Waals surface area (Å²) in [6.45, 7) is 12.1. The maximum Gasteiger partial charge on any atom is 0.333 e. The number of hydrogen-bond donors (Lipinski definition) is 0. The molecule has 0 fully saturated rings. The van der Waals surface area contributed by atoms with Crippen molar-refractivity contribution in [3.8, 4) is 5.75 Å². The molecule has 0 heterocycles. The van der Waals surface area contributed by atoms with E-state index in [4.69, 9.17) is 23.7 Å².